The van der Waals surface area contributed by atoms with Crippen molar-refractivity contribution in [2.45, 2.75) is 67.9 Å². The number of fused-ring (bicyclic) bond motifs is 6. The molecule has 416 valence electrons. The molecule has 0 fully saturated rings. The number of hydrogen-bond acceptors (Lipinski definition) is 14. The summed E-state index contributed by atoms with van der Waals surface area (Å²) in [5, 5.41) is 9.30. The van der Waals surface area contributed by atoms with Gasteiger partial charge in [-0.2, -0.15) is 55.1 Å². The van der Waals surface area contributed by atoms with E-state index in [2.05, 4.69) is 0 Å². The Kier molecular flexibility index (Phi) is 13.7. The third kappa shape index (κ3) is 10.3. The Morgan fingerprint density at radius 2 is 0.975 bits per heavy atom. The Hall–Kier alpha value is -7.32. The monoisotopic (exact) mass is 1210 g/mol. The number of rotatable bonds is 13. The van der Waals surface area contributed by atoms with Gasteiger partial charge in [0, 0.05) is 57.4 Å². The first-order valence-corrected chi connectivity index (χ1v) is 31.6. The molecule has 28 heteroatoms. The van der Waals surface area contributed by atoms with Gasteiger partial charge in [-0.1, -0.05) is 56.3 Å². The first-order chi connectivity index (χ1) is 36.8. The third-order valence-corrected chi connectivity index (χ3v) is 19.0. The first-order valence-electron chi connectivity index (χ1n) is 23.0. The fraction of sp³-hybridized carbons (Fsp3) is 0.115. The van der Waals surface area contributed by atoms with Gasteiger partial charge in [0.2, 0.25) is 11.4 Å². The van der Waals surface area contributed by atoms with Crippen molar-refractivity contribution in [3.8, 4) is 0 Å². The lowest BCUT2D eigenvalue weighted by molar-refractivity contribution is 0.0696. The summed E-state index contributed by atoms with van der Waals surface area (Å²) >= 11 is 0. The number of benzene rings is 7. The van der Waals surface area contributed by atoms with Gasteiger partial charge in [-0.3, -0.25) is 27.3 Å². The highest BCUT2D eigenvalue weighted by molar-refractivity contribution is 7.87. The van der Waals surface area contributed by atoms with E-state index < -0.39 is 107 Å². The molecule has 0 radical (unpaired) electrons. The summed E-state index contributed by atoms with van der Waals surface area (Å²) in [4.78, 5) is 9.25. The van der Waals surface area contributed by atoms with Crippen molar-refractivity contribution in [2.75, 3.05) is 4.90 Å². The van der Waals surface area contributed by atoms with E-state index in [1.807, 2.05) is 0 Å². The van der Waals surface area contributed by atoms with Crippen LogP contribution in [0.5, 0.6) is 0 Å². The largest absolute Gasteiger partial charge is 0.478 e. The van der Waals surface area contributed by atoms with Gasteiger partial charge < -0.3 is 10.0 Å². The molecule has 0 aromatic heterocycles. The molecule has 0 spiro atoms. The highest BCUT2D eigenvalue weighted by atomic mass is 32.2. The Morgan fingerprint density at radius 3 is 1.49 bits per heavy atom. The predicted molar refractivity (Wildman–Crippen MR) is 293 cm³/mol. The second kappa shape index (κ2) is 19.2. The third-order valence-electron chi connectivity index (χ3n) is 13.8. The maximum atomic E-state index is 13.2. The van der Waals surface area contributed by atoms with Gasteiger partial charge in [-0.05, 0) is 120 Å². The van der Waals surface area contributed by atoms with Crippen LogP contribution < -0.4 is 9.48 Å². The number of allylic oxidation sites excluding steroid dienone is 6. The van der Waals surface area contributed by atoms with E-state index in [4.69, 9.17) is 0 Å². The van der Waals surface area contributed by atoms with Gasteiger partial charge in [0.25, 0.3) is 60.7 Å². The van der Waals surface area contributed by atoms with E-state index in [0.29, 0.717) is 5.56 Å². The van der Waals surface area contributed by atoms with Crippen molar-refractivity contribution in [1.29, 1.82) is 0 Å². The number of carbonyl (C=O) groups is 1. The summed E-state index contributed by atoms with van der Waals surface area (Å²) in [5.41, 5.74) is -1.20. The Morgan fingerprint density at radius 1 is 0.500 bits per heavy atom. The normalized spacial score (nSPS) is 16.5. The average Bonchev–Trinajstić information content (AvgIpc) is 3.88. The number of nitrogens with zero attached hydrogens (tertiary/aromatic N) is 2. The van der Waals surface area contributed by atoms with Crippen LogP contribution in [0, 0.1) is 0 Å². The number of aromatic carboxylic acids is 1. The Labute approximate surface area is 458 Å². The minimum Gasteiger partial charge on any atom is -0.478 e. The molecule has 0 saturated carbocycles. The SMILES string of the molecule is CC1(C)C(/C=C/C(=C/C=C2/N(c3cccc(S(=O)(=O)O)c3)c3cc(S(=O)(=O)O)c4cc(S(=O)(=O)O)ccc4c3C2(C)C)c2ccc(C(=O)O)cc2)=[N+](c2cccc(S(=O)(=O)O)c2)c2cc(S(=O)(=O)O)c3cc(S(=O)(=O)O)ccc3c21. The average molecular weight is 1210 g/mol. The second-order valence-electron chi connectivity index (χ2n) is 19.5. The summed E-state index contributed by atoms with van der Waals surface area (Å²) in [6.45, 7) is 6.70. The molecular formula is C52H43N2O20S6+. The molecule has 2 aliphatic heterocycles. The van der Waals surface area contributed by atoms with Gasteiger partial charge in [0.1, 0.15) is 14.7 Å². The summed E-state index contributed by atoms with van der Waals surface area (Å²) < 4.78 is 216. The van der Waals surface area contributed by atoms with E-state index in [1.54, 1.807) is 27.7 Å². The zero-order valence-electron chi connectivity index (χ0n) is 41.6. The van der Waals surface area contributed by atoms with E-state index in [0.717, 1.165) is 60.7 Å². The topological polar surface area (TPSA) is 370 Å². The molecule has 0 aliphatic carbocycles. The molecule has 0 amide bonds. The lowest BCUT2D eigenvalue weighted by Crippen LogP contribution is -2.28. The van der Waals surface area contributed by atoms with Crippen molar-refractivity contribution in [3.63, 3.8) is 0 Å². The summed E-state index contributed by atoms with van der Waals surface area (Å²) in [7, 11) is -30.1. The van der Waals surface area contributed by atoms with Crippen LogP contribution in [-0.4, -0.2) is 94.6 Å². The standard InChI is InChI=1S/C52H42N2O20S6/c1-51(2)46(53(32-7-5-9-34(23-32)75(57,58)59)42-27-44(79(69,70)71)40-25-36(77(63,64)65)17-19-38(40)48(42)51)21-15-30(29-11-13-31(14-12-29)50(55)56)16-22-47-52(3,4)49-39-20-18-37(78(66,67)68)26-41(39)45(80(72,73)74)28-43(49)54(47)33-8-6-10-35(24-33)76(60,61)62/h5-28H,1-4H3,(H6-,55,56,57,58,59,60,61,62,63,64,65,66,67,68,69,70,71,72,73,74)/p+1. The zero-order chi connectivity index (χ0) is 58.8. The second-order valence-corrected chi connectivity index (χ2v) is 28.0. The highest BCUT2D eigenvalue weighted by Gasteiger charge is 2.49. The van der Waals surface area contributed by atoms with Gasteiger partial charge >= 0.3 is 5.97 Å². The summed E-state index contributed by atoms with van der Waals surface area (Å²) in [6, 6.07) is 23.4. The molecule has 9 rings (SSSR count). The van der Waals surface area contributed by atoms with Crippen LogP contribution >= 0.6 is 0 Å². The van der Waals surface area contributed by atoms with Crippen molar-refractivity contribution in [1.82, 2.24) is 4.58 Å². The van der Waals surface area contributed by atoms with Crippen LogP contribution in [0.2, 0.25) is 0 Å². The van der Waals surface area contributed by atoms with Crippen LogP contribution in [-0.2, 0) is 71.5 Å². The smallest absolute Gasteiger partial charge is 0.335 e. The number of hydrogen-bond donors (Lipinski definition) is 7. The molecule has 2 aliphatic rings. The van der Waals surface area contributed by atoms with Gasteiger partial charge in [0.15, 0.2) is 5.71 Å². The molecular weight excluding hydrogens is 1160 g/mol. The highest BCUT2D eigenvalue weighted by Crippen LogP contribution is 2.56. The van der Waals surface area contributed by atoms with Crippen LogP contribution in [0.25, 0.3) is 27.1 Å². The van der Waals surface area contributed by atoms with E-state index in [9.17, 15) is 87.7 Å². The van der Waals surface area contributed by atoms with Crippen LogP contribution in [0.15, 0.2) is 181 Å². The van der Waals surface area contributed by atoms with Crippen LogP contribution in [0.3, 0.4) is 0 Å². The van der Waals surface area contributed by atoms with Crippen molar-refractivity contribution in [3.05, 3.63) is 174 Å². The Bertz CT molecular complexity index is 4780. The minimum atomic E-state index is -5.23. The molecule has 7 aromatic carbocycles. The first kappa shape index (κ1) is 57.4. The lowest BCUT2D eigenvalue weighted by atomic mass is 9.78. The van der Waals surface area contributed by atoms with Crippen LogP contribution in [0.4, 0.5) is 22.7 Å². The van der Waals surface area contributed by atoms with Crippen molar-refractivity contribution in [2.24, 2.45) is 0 Å². The van der Waals surface area contributed by atoms with Gasteiger partial charge in [-0.25, -0.2) is 4.79 Å². The quantitative estimate of drug-likeness (QED) is 0.0323. The molecule has 0 atom stereocenters. The maximum absolute atomic E-state index is 13.2. The van der Waals surface area contributed by atoms with Crippen molar-refractivity contribution >= 4 is 122 Å². The van der Waals surface area contributed by atoms with E-state index in [-0.39, 0.29) is 78.0 Å². The molecule has 0 unspecified atom stereocenters. The molecule has 22 nitrogen and oxygen atoms in total. The zero-order valence-corrected chi connectivity index (χ0v) is 46.5. The van der Waals surface area contributed by atoms with Gasteiger partial charge in [0.05, 0.1) is 31.4 Å². The summed E-state index contributed by atoms with van der Waals surface area (Å²) in [5.74, 6) is -1.28. The fourth-order valence-corrected chi connectivity index (χ4v) is 13.8. The molecule has 2 heterocycles. The molecule has 7 N–H and O–H groups in total. The molecule has 0 bridgehead atoms. The lowest BCUT2D eigenvalue weighted by Gasteiger charge is -2.27. The maximum Gasteiger partial charge on any atom is 0.335 e. The number of carboxylic acids is 1. The van der Waals surface area contributed by atoms with E-state index in [1.165, 1.54) is 94.4 Å². The summed E-state index contributed by atoms with van der Waals surface area (Å²) in [6.07, 6.45) is 6.11. The molecule has 80 heavy (non-hydrogen) atoms. The van der Waals surface area contributed by atoms with Crippen molar-refractivity contribution < 1.29 is 87.7 Å². The number of anilines is 2. The molecule has 7 aromatic rings. The van der Waals surface area contributed by atoms with E-state index >= 15 is 0 Å². The molecule has 0 saturated heterocycles. The van der Waals surface area contributed by atoms with Crippen LogP contribution in [0.1, 0.15) is 54.7 Å². The fourth-order valence-electron chi connectivity index (χ4n) is 10.3. The Balaban J connectivity index is 1.36. The minimum absolute atomic E-state index is 0.00804. The number of carboxylic acid groups (broad SMARTS) is 1. The van der Waals surface area contributed by atoms with Gasteiger partial charge in [-0.15, -0.1) is 0 Å². The predicted octanol–water partition coefficient (Wildman–Crippen LogP) is 8.39.